The maximum Gasteiger partial charge on any atom is 0.215 e. The summed E-state index contributed by atoms with van der Waals surface area (Å²) in [6.45, 7) is 2.84. The third-order valence-electron chi connectivity index (χ3n) is 3.00. The van der Waals surface area contributed by atoms with Crippen molar-refractivity contribution in [1.29, 1.82) is 0 Å². The van der Waals surface area contributed by atoms with E-state index in [-0.39, 0.29) is 0 Å². The van der Waals surface area contributed by atoms with Crippen molar-refractivity contribution in [3.8, 4) is 5.88 Å². The van der Waals surface area contributed by atoms with Crippen LogP contribution in [-0.4, -0.2) is 12.1 Å². The molecule has 4 heteroatoms. The van der Waals surface area contributed by atoms with E-state index in [1.54, 1.807) is 19.2 Å². The molecule has 1 aromatic heterocycles. The van der Waals surface area contributed by atoms with E-state index in [0.29, 0.717) is 23.9 Å². The molecule has 2 rings (SSSR count). The first kappa shape index (κ1) is 13.2. The van der Waals surface area contributed by atoms with Crippen LogP contribution in [0.4, 0.5) is 11.5 Å². The smallest absolute Gasteiger partial charge is 0.215 e. The molecular weight excluding hydrogens is 238 g/mol. The Balaban J connectivity index is 2.05. The second-order valence-electron chi connectivity index (χ2n) is 4.32. The highest BCUT2D eigenvalue weighted by molar-refractivity contribution is 5.62. The van der Waals surface area contributed by atoms with Crippen LogP contribution in [0.2, 0.25) is 0 Å². The van der Waals surface area contributed by atoms with E-state index in [4.69, 9.17) is 10.5 Å². The molecule has 0 saturated heterocycles. The van der Waals surface area contributed by atoms with Gasteiger partial charge in [0, 0.05) is 12.6 Å². The lowest BCUT2D eigenvalue weighted by Crippen LogP contribution is -2.05. The first-order valence-electron chi connectivity index (χ1n) is 6.35. The van der Waals surface area contributed by atoms with Gasteiger partial charge in [-0.25, -0.2) is 0 Å². The minimum Gasteiger partial charge on any atom is -0.481 e. The first-order chi connectivity index (χ1) is 9.22. The molecule has 3 N–H and O–H groups in total. The van der Waals surface area contributed by atoms with Gasteiger partial charge in [-0.3, -0.25) is 0 Å². The van der Waals surface area contributed by atoms with Crippen molar-refractivity contribution in [2.45, 2.75) is 19.9 Å². The number of hydrogen-bond acceptors (Lipinski definition) is 4. The summed E-state index contributed by atoms with van der Waals surface area (Å²) in [7, 11) is 1.59. The summed E-state index contributed by atoms with van der Waals surface area (Å²) in [6.07, 6.45) is 1.05. The molecule has 0 saturated carbocycles. The molecule has 1 heterocycles. The number of benzene rings is 1. The van der Waals surface area contributed by atoms with Gasteiger partial charge in [-0.05, 0) is 23.6 Å². The van der Waals surface area contributed by atoms with Gasteiger partial charge in [0.1, 0.15) is 0 Å². The molecule has 1 aromatic carbocycles. The zero-order valence-corrected chi connectivity index (χ0v) is 11.3. The fourth-order valence-electron chi connectivity index (χ4n) is 1.79. The summed E-state index contributed by atoms with van der Waals surface area (Å²) in [5.74, 6) is 1.21. The average Bonchev–Trinajstić information content (AvgIpc) is 2.47. The number of nitrogen functional groups attached to an aromatic ring is 1. The van der Waals surface area contributed by atoms with E-state index in [0.717, 1.165) is 6.42 Å². The molecule has 0 aliphatic rings. The van der Waals surface area contributed by atoms with Crippen molar-refractivity contribution in [3.05, 3.63) is 47.5 Å². The fraction of sp³-hybridized carbons (Fsp3) is 0.267. The topological polar surface area (TPSA) is 60.2 Å². The van der Waals surface area contributed by atoms with Crippen molar-refractivity contribution in [2.24, 2.45) is 0 Å². The number of ether oxygens (including phenoxy) is 1. The third-order valence-corrected chi connectivity index (χ3v) is 3.00. The summed E-state index contributed by atoms with van der Waals surface area (Å²) < 4.78 is 5.09. The lowest BCUT2D eigenvalue weighted by Gasteiger charge is -2.10. The highest BCUT2D eigenvalue weighted by Gasteiger charge is 2.03. The van der Waals surface area contributed by atoms with E-state index >= 15 is 0 Å². The Morgan fingerprint density at radius 2 is 1.79 bits per heavy atom. The maximum atomic E-state index is 5.87. The van der Waals surface area contributed by atoms with E-state index in [9.17, 15) is 0 Å². The Hall–Kier alpha value is -2.23. The largest absolute Gasteiger partial charge is 0.481 e. The van der Waals surface area contributed by atoms with Crippen molar-refractivity contribution in [2.75, 3.05) is 18.2 Å². The molecule has 100 valence electrons. The van der Waals surface area contributed by atoms with Crippen LogP contribution in [-0.2, 0) is 13.0 Å². The van der Waals surface area contributed by atoms with Crippen molar-refractivity contribution in [1.82, 2.24) is 4.98 Å². The molecule has 4 nitrogen and oxygen atoms in total. The lowest BCUT2D eigenvalue weighted by molar-refractivity contribution is 0.398. The van der Waals surface area contributed by atoms with Crippen LogP contribution in [0, 0.1) is 0 Å². The number of aromatic nitrogens is 1. The summed E-state index contributed by atoms with van der Waals surface area (Å²) in [5, 5.41) is 3.23. The number of pyridine rings is 1. The van der Waals surface area contributed by atoms with Gasteiger partial charge in [-0.1, -0.05) is 31.2 Å². The molecule has 0 fully saturated rings. The second-order valence-corrected chi connectivity index (χ2v) is 4.32. The Kier molecular flexibility index (Phi) is 4.23. The number of nitrogens with one attached hydrogen (secondary N) is 1. The van der Waals surface area contributed by atoms with Crippen molar-refractivity contribution in [3.63, 3.8) is 0 Å². The van der Waals surface area contributed by atoms with Crippen molar-refractivity contribution >= 4 is 11.5 Å². The first-order valence-corrected chi connectivity index (χ1v) is 6.35. The Morgan fingerprint density at radius 1 is 1.11 bits per heavy atom. The Morgan fingerprint density at radius 3 is 2.42 bits per heavy atom. The average molecular weight is 257 g/mol. The van der Waals surface area contributed by atoms with Crippen LogP contribution in [0.25, 0.3) is 0 Å². The minimum absolute atomic E-state index is 0.554. The quantitative estimate of drug-likeness (QED) is 0.864. The molecule has 0 bridgehead atoms. The van der Waals surface area contributed by atoms with Gasteiger partial charge in [0.15, 0.2) is 5.82 Å². The van der Waals surface area contributed by atoms with E-state index in [1.165, 1.54) is 11.1 Å². The van der Waals surface area contributed by atoms with Gasteiger partial charge in [0.05, 0.1) is 12.8 Å². The second kappa shape index (κ2) is 6.09. The van der Waals surface area contributed by atoms with Crippen LogP contribution in [0.5, 0.6) is 5.88 Å². The molecule has 0 aliphatic heterocycles. The standard InChI is InChI=1S/C15H19N3O/c1-3-11-4-6-12(7-5-11)10-17-15-13(16)8-9-14(18-15)19-2/h4-9H,3,10,16H2,1-2H3,(H,17,18). The molecule has 0 amide bonds. The molecule has 0 atom stereocenters. The SMILES string of the molecule is CCc1ccc(CNc2nc(OC)ccc2N)cc1. The predicted octanol–water partition coefficient (Wildman–Crippen LogP) is 2.85. The molecule has 19 heavy (non-hydrogen) atoms. The molecule has 0 spiro atoms. The normalized spacial score (nSPS) is 10.2. The van der Waals surface area contributed by atoms with Gasteiger partial charge in [-0.2, -0.15) is 4.98 Å². The number of rotatable bonds is 5. The van der Waals surface area contributed by atoms with Crippen LogP contribution in [0.3, 0.4) is 0 Å². The summed E-state index contributed by atoms with van der Waals surface area (Å²) in [4.78, 5) is 4.28. The Labute approximate surface area is 113 Å². The van der Waals surface area contributed by atoms with Gasteiger partial charge < -0.3 is 15.8 Å². The van der Waals surface area contributed by atoms with Gasteiger partial charge in [0.2, 0.25) is 5.88 Å². The number of nitrogens with two attached hydrogens (primary N) is 1. The molecule has 0 unspecified atom stereocenters. The van der Waals surface area contributed by atoms with Crippen molar-refractivity contribution < 1.29 is 4.74 Å². The zero-order valence-electron chi connectivity index (χ0n) is 11.3. The molecule has 0 aliphatic carbocycles. The minimum atomic E-state index is 0.554. The summed E-state index contributed by atoms with van der Waals surface area (Å²) in [5.41, 5.74) is 9.02. The zero-order chi connectivity index (χ0) is 13.7. The van der Waals surface area contributed by atoms with Crippen LogP contribution >= 0.6 is 0 Å². The molecule has 0 radical (unpaired) electrons. The van der Waals surface area contributed by atoms with E-state index < -0.39 is 0 Å². The van der Waals surface area contributed by atoms with Gasteiger partial charge in [0.25, 0.3) is 0 Å². The number of aryl methyl sites for hydroxylation is 1. The predicted molar refractivity (Wildman–Crippen MR) is 78.3 cm³/mol. The van der Waals surface area contributed by atoms with Crippen LogP contribution in [0.1, 0.15) is 18.1 Å². The van der Waals surface area contributed by atoms with Gasteiger partial charge >= 0.3 is 0 Å². The lowest BCUT2D eigenvalue weighted by atomic mass is 10.1. The fourth-order valence-corrected chi connectivity index (χ4v) is 1.79. The van der Waals surface area contributed by atoms with E-state index in [1.807, 2.05) is 0 Å². The number of hydrogen-bond donors (Lipinski definition) is 2. The van der Waals surface area contributed by atoms with E-state index in [2.05, 4.69) is 41.5 Å². The summed E-state index contributed by atoms with van der Waals surface area (Å²) >= 11 is 0. The van der Waals surface area contributed by atoms with Crippen LogP contribution < -0.4 is 15.8 Å². The Bertz CT molecular complexity index is 538. The maximum absolute atomic E-state index is 5.87. The highest BCUT2D eigenvalue weighted by atomic mass is 16.5. The monoisotopic (exact) mass is 257 g/mol. The number of anilines is 2. The van der Waals surface area contributed by atoms with Gasteiger partial charge in [-0.15, -0.1) is 0 Å². The highest BCUT2D eigenvalue weighted by Crippen LogP contribution is 2.20. The van der Waals surface area contributed by atoms with Crippen LogP contribution in [0.15, 0.2) is 36.4 Å². The third kappa shape index (κ3) is 3.37. The molecular formula is C15H19N3O. The molecule has 2 aromatic rings. The number of methoxy groups -OCH3 is 1. The number of nitrogens with zero attached hydrogens (tertiary/aromatic N) is 1. The summed E-state index contributed by atoms with van der Waals surface area (Å²) in [6, 6.07) is 12.0.